The summed E-state index contributed by atoms with van der Waals surface area (Å²) in [5, 5.41) is 8.90. The van der Waals surface area contributed by atoms with Gasteiger partial charge in [-0.25, -0.2) is 18.3 Å². The average Bonchev–Trinajstić information content (AvgIpc) is 2.77. The van der Waals surface area contributed by atoms with E-state index < -0.39 is 31.9 Å². The van der Waals surface area contributed by atoms with E-state index in [4.69, 9.17) is 5.21 Å². The van der Waals surface area contributed by atoms with E-state index in [9.17, 15) is 22.4 Å². The number of aryl methyl sites for hydroxylation is 1. The van der Waals surface area contributed by atoms with Crippen LogP contribution >= 0.6 is 0 Å². The molecule has 32 heavy (non-hydrogen) atoms. The topological polar surface area (TPSA) is 118 Å². The summed E-state index contributed by atoms with van der Waals surface area (Å²) < 4.78 is 38.1. The van der Waals surface area contributed by atoms with E-state index in [-0.39, 0.29) is 13.0 Å². The van der Waals surface area contributed by atoms with E-state index in [2.05, 4.69) is 4.98 Å². The van der Waals surface area contributed by atoms with Gasteiger partial charge < -0.3 is 4.57 Å². The third-order valence-corrected chi connectivity index (χ3v) is 7.53. The molecule has 2 N–H and O–H groups in total. The minimum absolute atomic E-state index is 0.0790. The number of halogens is 1. The number of carbonyl (C=O) groups excluding carboxylic acids is 1. The molecule has 3 aromatic rings. The molecule has 2 aromatic heterocycles. The zero-order valence-corrected chi connectivity index (χ0v) is 18.3. The second kappa shape index (κ2) is 9.01. The molecule has 1 atom stereocenters. The predicted octanol–water partition coefficient (Wildman–Crippen LogP) is 2.42. The van der Waals surface area contributed by atoms with Crippen molar-refractivity contribution in [2.24, 2.45) is 0 Å². The molecule has 0 saturated carbocycles. The van der Waals surface area contributed by atoms with E-state index in [1.165, 1.54) is 35.3 Å². The lowest BCUT2D eigenvalue weighted by Crippen LogP contribution is -2.49. The van der Waals surface area contributed by atoms with E-state index in [0.29, 0.717) is 22.3 Å². The molecule has 0 spiro atoms. The molecule has 1 aromatic carbocycles. The summed E-state index contributed by atoms with van der Waals surface area (Å²) >= 11 is 0. The number of benzene rings is 1. The smallest absolute Gasteiger partial charge is 0.264 e. The Hall–Kier alpha value is -3.37. The summed E-state index contributed by atoms with van der Waals surface area (Å²) in [4.78, 5) is 28.5. The molecule has 1 amide bonds. The lowest BCUT2D eigenvalue weighted by atomic mass is 10.0. The maximum Gasteiger partial charge on any atom is 0.264 e. The Labute approximate surface area is 184 Å². The molecule has 0 aliphatic heterocycles. The van der Waals surface area contributed by atoms with Gasteiger partial charge in [-0.1, -0.05) is 18.2 Å². The number of pyridine rings is 2. The Morgan fingerprint density at radius 1 is 1.19 bits per heavy atom. The molecule has 10 heteroatoms. The highest BCUT2D eigenvalue weighted by atomic mass is 32.2. The number of amides is 1. The Bertz CT molecular complexity index is 1310. The Balaban J connectivity index is 1.85. The van der Waals surface area contributed by atoms with Crippen LogP contribution in [0.4, 0.5) is 4.39 Å². The predicted molar refractivity (Wildman–Crippen MR) is 117 cm³/mol. The number of nitrogens with zero attached hydrogens (tertiary/aromatic N) is 2. The first kappa shape index (κ1) is 23.3. The Morgan fingerprint density at radius 2 is 1.91 bits per heavy atom. The highest BCUT2D eigenvalue weighted by Gasteiger charge is 2.43. The van der Waals surface area contributed by atoms with Crippen molar-refractivity contribution >= 4 is 15.7 Å². The van der Waals surface area contributed by atoms with Crippen LogP contribution in [0.15, 0.2) is 65.8 Å². The van der Waals surface area contributed by atoms with Crippen LogP contribution in [-0.4, -0.2) is 40.1 Å². The number of hydrogen-bond acceptors (Lipinski definition) is 6. The average molecular weight is 459 g/mol. The minimum atomic E-state index is -3.88. The standard InChI is InChI=1S/C22H22FN3O5S/c1-22(21(28)25-29,32(2,30)31)8-11-26-10-7-16(13-20(26)27)15-5-6-18(19(23)12-15)17-4-3-9-24-14-17/h3-7,9-10,12-14,29H,8,11H2,1-2H3,(H,25,28). The van der Waals surface area contributed by atoms with Gasteiger partial charge in [-0.2, -0.15) is 0 Å². The van der Waals surface area contributed by atoms with Crippen LogP contribution in [0, 0.1) is 5.82 Å². The molecular formula is C22H22FN3O5S. The molecule has 3 rings (SSSR count). The fraction of sp³-hybridized carbons (Fsp3) is 0.227. The van der Waals surface area contributed by atoms with Gasteiger partial charge in [-0.3, -0.25) is 19.8 Å². The van der Waals surface area contributed by atoms with Crippen LogP contribution in [0.5, 0.6) is 0 Å². The van der Waals surface area contributed by atoms with Crippen molar-refractivity contribution in [3.05, 3.63) is 77.2 Å². The van der Waals surface area contributed by atoms with E-state index in [0.717, 1.165) is 6.26 Å². The van der Waals surface area contributed by atoms with Gasteiger partial charge in [0, 0.05) is 48.6 Å². The summed E-state index contributed by atoms with van der Waals surface area (Å²) in [7, 11) is -3.88. The first-order chi connectivity index (χ1) is 15.1. The molecular weight excluding hydrogens is 437 g/mol. The maximum atomic E-state index is 14.6. The Kier molecular flexibility index (Phi) is 6.56. The lowest BCUT2D eigenvalue weighted by Gasteiger charge is -2.25. The summed E-state index contributed by atoms with van der Waals surface area (Å²) in [5.41, 5.74) is 2.93. The van der Waals surface area contributed by atoms with E-state index in [1.54, 1.807) is 42.7 Å². The zero-order chi connectivity index (χ0) is 23.5. The Morgan fingerprint density at radius 3 is 2.47 bits per heavy atom. The molecule has 168 valence electrons. The van der Waals surface area contributed by atoms with Crippen LogP contribution < -0.4 is 11.0 Å². The minimum Gasteiger partial charge on any atom is -0.315 e. The summed E-state index contributed by atoms with van der Waals surface area (Å²) in [5.74, 6) is -1.53. The van der Waals surface area contributed by atoms with Crippen molar-refractivity contribution in [2.45, 2.75) is 24.6 Å². The van der Waals surface area contributed by atoms with Crippen molar-refractivity contribution in [3.63, 3.8) is 0 Å². The number of carbonyl (C=O) groups is 1. The van der Waals surface area contributed by atoms with Gasteiger partial charge in [-0.05, 0) is 42.7 Å². The molecule has 0 fully saturated rings. The highest BCUT2D eigenvalue weighted by Crippen LogP contribution is 2.27. The molecule has 0 aliphatic rings. The number of aromatic nitrogens is 2. The fourth-order valence-electron chi connectivity index (χ4n) is 3.24. The number of rotatable bonds is 7. The van der Waals surface area contributed by atoms with Crippen molar-refractivity contribution in [2.75, 3.05) is 6.26 Å². The van der Waals surface area contributed by atoms with Crippen molar-refractivity contribution in [1.29, 1.82) is 0 Å². The summed E-state index contributed by atoms with van der Waals surface area (Å²) in [6.07, 6.45) is 5.26. The third-order valence-electron chi connectivity index (χ3n) is 5.50. The van der Waals surface area contributed by atoms with Gasteiger partial charge in [0.2, 0.25) is 0 Å². The third kappa shape index (κ3) is 4.61. The second-order valence-corrected chi connectivity index (χ2v) is 10.0. The molecule has 0 aliphatic carbocycles. The van der Waals surface area contributed by atoms with Gasteiger partial charge in [0.15, 0.2) is 14.6 Å². The number of sulfone groups is 1. The van der Waals surface area contributed by atoms with Crippen molar-refractivity contribution < 1.29 is 22.8 Å². The van der Waals surface area contributed by atoms with Gasteiger partial charge in [0.05, 0.1) is 0 Å². The van der Waals surface area contributed by atoms with Gasteiger partial charge in [-0.15, -0.1) is 0 Å². The first-order valence-corrected chi connectivity index (χ1v) is 11.5. The van der Waals surface area contributed by atoms with Gasteiger partial charge in [0.25, 0.3) is 11.5 Å². The number of hydrogen-bond donors (Lipinski definition) is 2. The quantitative estimate of drug-likeness (QED) is 0.414. The van der Waals surface area contributed by atoms with Gasteiger partial charge in [0.1, 0.15) is 5.82 Å². The molecule has 2 heterocycles. The SMILES string of the molecule is CC(CCn1ccc(-c2ccc(-c3cccnc3)c(F)c2)cc1=O)(C(=O)NO)S(C)(=O)=O. The van der Waals surface area contributed by atoms with E-state index in [1.807, 2.05) is 0 Å². The summed E-state index contributed by atoms with van der Waals surface area (Å²) in [6, 6.07) is 11.0. The molecule has 1 unspecified atom stereocenters. The van der Waals surface area contributed by atoms with Crippen LogP contribution in [0.3, 0.4) is 0 Å². The molecule has 0 radical (unpaired) electrons. The zero-order valence-electron chi connectivity index (χ0n) is 17.4. The van der Waals surface area contributed by atoms with Crippen LogP contribution in [0.25, 0.3) is 22.3 Å². The monoisotopic (exact) mass is 459 g/mol. The van der Waals surface area contributed by atoms with Crippen LogP contribution in [-0.2, 0) is 21.2 Å². The first-order valence-electron chi connectivity index (χ1n) is 9.62. The molecule has 0 saturated heterocycles. The van der Waals surface area contributed by atoms with Crippen molar-refractivity contribution in [3.8, 4) is 22.3 Å². The summed E-state index contributed by atoms with van der Waals surface area (Å²) in [6.45, 7) is 1.10. The number of hydroxylamine groups is 1. The van der Waals surface area contributed by atoms with Gasteiger partial charge >= 0.3 is 0 Å². The van der Waals surface area contributed by atoms with Crippen LogP contribution in [0.2, 0.25) is 0 Å². The lowest BCUT2D eigenvalue weighted by molar-refractivity contribution is -0.131. The maximum absolute atomic E-state index is 14.6. The number of nitrogens with one attached hydrogen (secondary N) is 1. The molecule has 8 nitrogen and oxygen atoms in total. The van der Waals surface area contributed by atoms with Crippen molar-refractivity contribution in [1.82, 2.24) is 15.0 Å². The normalized spacial score (nSPS) is 13.4. The fourth-order valence-corrected chi connectivity index (χ4v) is 4.09. The van der Waals surface area contributed by atoms with Crippen LogP contribution in [0.1, 0.15) is 13.3 Å². The highest BCUT2D eigenvalue weighted by molar-refractivity contribution is 7.92. The van der Waals surface area contributed by atoms with E-state index >= 15 is 0 Å². The second-order valence-electron chi connectivity index (χ2n) is 7.58. The molecule has 0 bridgehead atoms. The largest absolute Gasteiger partial charge is 0.315 e.